The second kappa shape index (κ2) is 3.00. The minimum atomic E-state index is -0.404. The molecule has 0 amide bonds. The Hall–Kier alpha value is -0.0800. The van der Waals surface area contributed by atoms with Gasteiger partial charge in [-0.3, -0.25) is 4.90 Å². The zero-order valence-corrected chi connectivity index (χ0v) is 7.92. The van der Waals surface area contributed by atoms with E-state index in [-0.39, 0.29) is 0 Å². The van der Waals surface area contributed by atoms with Crippen LogP contribution in [0.5, 0.6) is 0 Å². The van der Waals surface area contributed by atoms with E-state index >= 15 is 0 Å². The highest BCUT2D eigenvalue weighted by Gasteiger charge is 2.40. The molecule has 2 heteroatoms. The van der Waals surface area contributed by atoms with E-state index in [2.05, 4.69) is 4.90 Å². The maximum atomic E-state index is 10.1. The van der Waals surface area contributed by atoms with Gasteiger partial charge in [-0.2, -0.15) is 0 Å². The lowest BCUT2D eigenvalue weighted by atomic mass is 9.81. The molecule has 2 atom stereocenters. The number of fused-ring (bicyclic) bond motifs is 1. The van der Waals surface area contributed by atoms with E-state index in [1.807, 2.05) is 6.92 Å². The summed E-state index contributed by atoms with van der Waals surface area (Å²) < 4.78 is 0. The van der Waals surface area contributed by atoms with Crippen molar-refractivity contribution in [3.8, 4) is 0 Å². The Balaban J connectivity index is 2.09. The molecule has 2 rings (SSSR count). The molecule has 0 bridgehead atoms. The van der Waals surface area contributed by atoms with Gasteiger partial charge in [0.15, 0.2) is 0 Å². The van der Waals surface area contributed by atoms with Crippen LogP contribution in [0.3, 0.4) is 0 Å². The first-order valence-corrected chi connectivity index (χ1v) is 5.16. The maximum Gasteiger partial charge on any atom is 0.0774 e. The van der Waals surface area contributed by atoms with Gasteiger partial charge in [-0.05, 0) is 45.7 Å². The molecule has 2 fully saturated rings. The molecule has 2 heterocycles. The van der Waals surface area contributed by atoms with Crippen LogP contribution in [0.4, 0.5) is 0 Å². The predicted molar refractivity (Wildman–Crippen MR) is 49.1 cm³/mol. The second-order valence-corrected chi connectivity index (χ2v) is 4.51. The molecular formula is C10H19NO. The lowest BCUT2D eigenvalue weighted by molar-refractivity contribution is -0.0811. The molecule has 0 aromatic carbocycles. The Bertz CT molecular complexity index is 165. The predicted octanol–water partition coefficient (Wildman–Crippen LogP) is 1.39. The third-order valence-electron chi connectivity index (χ3n) is 3.46. The molecule has 0 spiro atoms. The summed E-state index contributed by atoms with van der Waals surface area (Å²) in [5, 5.41) is 10.1. The number of piperidine rings is 2. The average molecular weight is 169 g/mol. The molecule has 0 radical (unpaired) electrons. The normalized spacial score (nSPS) is 44.0. The first kappa shape index (κ1) is 8.52. The smallest absolute Gasteiger partial charge is 0.0774 e. The lowest BCUT2D eigenvalue weighted by Gasteiger charge is -2.47. The van der Waals surface area contributed by atoms with Gasteiger partial charge in [-0.25, -0.2) is 0 Å². The number of hydrogen-bond acceptors (Lipinski definition) is 2. The van der Waals surface area contributed by atoms with Crippen LogP contribution in [0.15, 0.2) is 0 Å². The van der Waals surface area contributed by atoms with Gasteiger partial charge < -0.3 is 5.11 Å². The molecule has 2 unspecified atom stereocenters. The van der Waals surface area contributed by atoms with Crippen molar-refractivity contribution in [2.75, 3.05) is 13.1 Å². The maximum absolute atomic E-state index is 10.1. The highest BCUT2D eigenvalue weighted by atomic mass is 16.3. The van der Waals surface area contributed by atoms with E-state index in [0.29, 0.717) is 6.04 Å². The van der Waals surface area contributed by atoms with Crippen LogP contribution in [0, 0.1) is 0 Å². The molecule has 12 heavy (non-hydrogen) atoms. The number of aliphatic hydroxyl groups is 1. The Labute approximate surface area is 74.6 Å². The Kier molecular flexibility index (Phi) is 2.13. The van der Waals surface area contributed by atoms with E-state index in [0.717, 1.165) is 6.42 Å². The monoisotopic (exact) mass is 169 g/mol. The van der Waals surface area contributed by atoms with Gasteiger partial charge in [0, 0.05) is 6.04 Å². The van der Waals surface area contributed by atoms with Crippen molar-refractivity contribution in [3.63, 3.8) is 0 Å². The van der Waals surface area contributed by atoms with Gasteiger partial charge in [0.2, 0.25) is 0 Å². The van der Waals surface area contributed by atoms with Crippen molar-refractivity contribution in [1.29, 1.82) is 0 Å². The van der Waals surface area contributed by atoms with E-state index in [1.54, 1.807) is 0 Å². The molecule has 2 aliphatic heterocycles. The van der Waals surface area contributed by atoms with Gasteiger partial charge in [-0.15, -0.1) is 0 Å². The average Bonchev–Trinajstić information content (AvgIpc) is 2.04. The largest absolute Gasteiger partial charge is 0.389 e. The number of hydrogen-bond donors (Lipinski definition) is 1. The third-order valence-corrected chi connectivity index (χ3v) is 3.46. The van der Waals surface area contributed by atoms with E-state index in [1.165, 1.54) is 38.8 Å². The zero-order chi connectivity index (χ0) is 8.60. The van der Waals surface area contributed by atoms with Crippen molar-refractivity contribution in [1.82, 2.24) is 4.90 Å². The fourth-order valence-electron chi connectivity index (χ4n) is 2.77. The summed E-state index contributed by atoms with van der Waals surface area (Å²) in [6, 6.07) is 0.458. The highest BCUT2D eigenvalue weighted by Crippen LogP contribution is 2.33. The highest BCUT2D eigenvalue weighted by molar-refractivity contribution is 4.95. The van der Waals surface area contributed by atoms with Gasteiger partial charge >= 0.3 is 0 Å². The summed E-state index contributed by atoms with van der Waals surface area (Å²) >= 11 is 0. The molecule has 0 aromatic heterocycles. The van der Waals surface area contributed by atoms with Gasteiger partial charge in [0.05, 0.1) is 5.60 Å². The summed E-state index contributed by atoms with van der Waals surface area (Å²) in [4.78, 5) is 2.48. The van der Waals surface area contributed by atoms with Crippen molar-refractivity contribution >= 4 is 0 Å². The van der Waals surface area contributed by atoms with Crippen LogP contribution in [-0.4, -0.2) is 34.7 Å². The first-order valence-electron chi connectivity index (χ1n) is 5.16. The third kappa shape index (κ3) is 1.38. The second-order valence-electron chi connectivity index (χ2n) is 4.51. The summed E-state index contributed by atoms with van der Waals surface area (Å²) in [6.07, 6.45) is 5.99. The topological polar surface area (TPSA) is 23.5 Å². The first-order chi connectivity index (χ1) is 5.70. The van der Waals surface area contributed by atoms with Gasteiger partial charge in [0.1, 0.15) is 0 Å². The summed E-state index contributed by atoms with van der Waals surface area (Å²) in [7, 11) is 0. The zero-order valence-electron chi connectivity index (χ0n) is 7.92. The molecule has 70 valence electrons. The van der Waals surface area contributed by atoms with Crippen molar-refractivity contribution < 1.29 is 5.11 Å². The lowest BCUT2D eigenvalue weighted by Crippen LogP contribution is -2.56. The molecule has 2 saturated heterocycles. The molecule has 1 N–H and O–H groups in total. The SMILES string of the molecule is CC1(O)CCCN2CCCCC21. The van der Waals surface area contributed by atoms with E-state index in [4.69, 9.17) is 0 Å². The number of rotatable bonds is 0. The van der Waals surface area contributed by atoms with Crippen molar-refractivity contribution in [3.05, 3.63) is 0 Å². The Morgan fingerprint density at radius 1 is 1.25 bits per heavy atom. The quantitative estimate of drug-likeness (QED) is 0.592. The molecule has 0 aliphatic carbocycles. The molecule has 0 saturated carbocycles. The minimum Gasteiger partial charge on any atom is -0.389 e. The van der Waals surface area contributed by atoms with Crippen molar-refractivity contribution in [2.45, 2.75) is 50.7 Å². The Morgan fingerprint density at radius 2 is 2.00 bits per heavy atom. The summed E-state index contributed by atoms with van der Waals surface area (Å²) in [5.74, 6) is 0. The van der Waals surface area contributed by atoms with E-state index in [9.17, 15) is 5.11 Å². The van der Waals surface area contributed by atoms with Crippen LogP contribution in [0.25, 0.3) is 0 Å². The molecular weight excluding hydrogens is 150 g/mol. The van der Waals surface area contributed by atoms with Crippen LogP contribution >= 0.6 is 0 Å². The van der Waals surface area contributed by atoms with Gasteiger partial charge in [-0.1, -0.05) is 6.42 Å². The molecule has 2 nitrogen and oxygen atoms in total. The Morgan fingerprint density at radius 3 is 2.75 bits per heavy atom. The van der Waals surface area contributed by atoms with Crippen molar-refractivity contribution in [2.24, 2.45) is 0 Å². The molecule has 0 aromatic rings. The summed E-state index contributed by atoms with van der Waals surface area (Å²) in [5.41, 5.74) is -0.404. The standard InChI is InChI=1S/C10H19NO/c1-10(12)6-4-8-11-7-3-2-5-9(10)11/h9,12H,2-8H2,1H3. The fourth-order valence-corrected chi connectivity index (χ4v) is 2.77. The van der Waals surface area contributed by atoms with Crippen LogP contribution in [0.2, 0.25) is 0 Å². The van der Waals surface area contributed by atoms with Crippen LogP contribution < -0.4 is 0 Å². The van der Waals surface area contributed by atoms with E-state index < -0.39 is 5.60 Å². The van der Waals surface area contributed by atoms with Crippen LogP contribution in [0.1, 0.15) is 39.0 Å². The van der Waals surface area contributed by atoms with Crippen LogP contribution in [-0.2, 0) is 0 Å². The number of nitrogens with zero attached hydrogens (tertiary/aromatic N) is 1. The van der Waals surface area contributed by atoms with Gasteiger partial charge in [0.25, 0.3) is 0 Å². The summed E-state index contributed by atoms with van der Waals surface area (Å²) in [6.45, 7) is 4.43. The minimum absolute atomic E-state index is 0.404. The fraction of sp³-hybridized carbons (Fsp3) is 1.00. The molecule has 2 aliphatic rings.